The predicted octanol–water partition coefficient (Wildman–Crippen LogP) is 3.49. The van der Waals surface area contributed by atoms with Gasteiger partial charge in [0, 0.05) is 51.3 Å². The number of β-amino-alcohol motifs (C(OH)–C–C–N with tert-alkyl or cyclic N) is 1. The van der Waals surface area contributed by atoms with Gasteiger partial charge >= 0.3 is 6.09 Å². The molecule has 2 aromatic carbocycles. The summed E-state index contributed by atoms with van der Waals surface area (Å²) in [4.78, 5) is 31.3. The number of amides is 2. The molecule has 0 bridgehead atoms. The minimum absolute atomic E-state index is 0.0437. The number of aliphatic hydroxyl groups is 1. The Kier molecular flexibility index (Phi) is 7.63. The molecule has 1 N–H and O–H groups in total. The van der Waals surface area contributed by atoms with Crippen molar-refractivity contribution in [3.8, 4) is 5.75 Å². The number of fused-ring (bicyclic) bond motifs is 2. The molecule has 1 unspecified atom stereocenters. The minimum Gasteiger partial charge on any atom is -0.489 e. The maximum Gasteiger partial charge on any atom is 0.410 e. The second-order valence-electron chi connectivity index (χ2n) is 11.7. The highest BCUT2D eigenvalue weighted by Gasteiger charge is 2.32. The number of hydrogen-bond acceptors (Lipinski definition) is 6. The second kappa shape index (κ2) is 10.9. The summed E-state index contributed by atoms with van der Waals surface area (Å²) in [5.74, 6) is 0.671. The highest BCUT2D eigenvalue weighted by molar-refractivity contribution is 5.97. The molecule has 0 saturated carbocycles. The molecule has 5 rings (SSSR count). The molecule has 3 heterocycles. The molecule has 0 radical (unpaired) electrons. The Morgan fingerprint density at radius 1 is 1.03 bits per heavy atom. The van der Waals surface area contributed by atoms with Gasteiger partial charge in [-0.15, -0.1) is 0 Å². The third-order valence-electron chi connectivity index (χ3n) is 7.45. The molecule has 38 heavy (non-hydrogen) atoms. The number of nitrogens with zero attached hydrogens (tertiary/aromatic N) is 3. The van der Waals surface area contributed by atoms with E-state index >= 15 is 0 Å². The summed E-state index contributed by atoms with van der Waals surface area (Å²) in [5.41, 5.74) is 3.82. The smallest absolute Gasteiger partial charge is 0.410 e. The number of benzene rings is 2. The molecular weight excluding hydrogens is 482 g/mol. The van der Waals surface area contributed by atoms with Gasteiger partial charge < -0.3 is 24.4 Å². The number of carbonyl (C=O) groups excluding carboxylic acids is 2. The van der Waals surface area contributed by atoms with Crippen molar-refractivity contribution in [2.75, 3.05) is 39.3 Å². The van der Waals surface area contributed by atoms with Crippen molar-refractivity contribution in [2.24, 2.45) is 0 Å². The lowest BCUT2D eigenvalue weighted by Gasteiger charge is -2.34. The molecule has 1 saturated heterocycles. The Morgan fingerprint density at radius 3 is 2.58 bits per heavy atom. The van der Waals surface area contributed by atoms with Crippen LogP contribution in [0.1, 0.15) is 54.2 Å². The Hall–Kier alpha value is -3.10. The highest BCUT2D eigenvalue weighted by atomic mass is 16.6. The fourth-order valence-corrected chi connectivity index (χ4v) is 5.59. The van der Waals surface area contributed by atoms with Crippen LogP contribution in [0.4, 0.5) is 4.79 Å². The van der Waals surface area contributed by atoms with E-state index in [4.69, 9.17) is 9.47 Å². The van der Waals surface area contributed by atoms with Crippen LogP contribution in [-0.4, -0.2) is 88.9 Å². The van der Waals surface area contributed by atoms with Crippen molar-refractivity contribution in [2.45, 2.75) is 64.4 Å². The van der Waals surface area contributed by atoms with Crippen molar-refractivity contribution in [1.82, 2.24) is 14.7 Å². The van der Waals surface area contributed by atoms with Gasteiger partial charge in [-0.3, -0.25) is 9.69 Å². The largest absolute Gasteiger partial charge is 0.489 e. The Morgan fingerprint density at radius 2 is 1.79 bits per heavy atom. The number of carbonyl (C=O) groups is 2. The Labute approximate surface area is 225 Å². The second-order valence-corrected chi connectivity index (χ2v) is 11.7. The van der Waals surface area contributed by atoms with Crippen LogP contribution in [0.3, 0.4) is 0 Å². The van der Waals surface area contributed by atoms with Crippen molar-refractivity contribution in [3.05, 3.63) is 64.7 Å². The molecule has 204 valence electrons. The summed E-state index contributed by atoms with van der Waals surface area (Å²) in [7, 11) is 0. The Balaban J connectivity index is 1.13. The van der Waals surface area contributed by atoms with Crippen LogP contribution in [0.2, 0.25) is 0 Å². The lowest BCUT2D eigenvalue weighted by atomic mass is 9.98. The molecule has 0 aliphatic carbocycles. The molecule has 3 aliphatic heterocycles. The molecular formula is C30H39N3O5. The topological polar surface area (TPSA) is 82.5 Å². The summed E-state index contributed by atoms with van der Waals surface area (Å²) in [5, 5.41) is 10.8. The van der Waals surface area contributed by atoms with Crippen molar-refractivity contribution < 1.29 is 24.2 Å². The molecule has 2 aromatic rings. The van der Waals surface area contributed by atoms with Crippen molar-refractivity contribution in [1.29, 1.82) is 0 Å². The van der Waals surface area contributed by atoms with Crippen LogP contribution in [0.5, 0.6) is 5.75 Å². The van der Waals surface area contributed by atoms with Crippen LogP contribution in [0, 0.1) is 0 Å². The van der Waals surface area contributed by atoms with E-state index in [9.17, 15) is 14.7 Å². The third kappa shape index (κ3) is 6.30. The van der Waals surface area contributed by atoms with Gasteiger partial charge in [0.1, 0.15) is 17.5 Å². The first-order valence-electron chi connectivity index (χ1n) is 13.7. The lowest BCUT2D eigenvalue weighted by Crippen LogP contribution is -2.46. The zero-order chi connectivity index (χ0) is 26.9. The average Bonchev–Trinajstić information content (AvgIpc) is 3.33. The zero-order valence-electron chi connectivity index (χ0n) is 22.7. The van der Waals surface area contributed by atoms with Gasteiger partial charge in [0.05, 0.1) is 12.6 Å². The molecule has 8 heteroatoms. The predicted molar refractivity (Wildman–Crippen MR) is 144 cm³/mol. The number of ether oxygens (including phenoxy) is 2. The number of likely N-dealkylation sites (tertiary alicyclic amines) is 1. The summed E-state index contributed by atoms with van der Waals surface area (Å²) in [6, 6.07) is 14.1. The van der Waals surface area contributed by atoms with Gasteiger partial charge in [0.15, 0.2) is 0 Å². The molecule has 0 spiro atoms. The summed E-state index contributed by atoms with van der Waals surface area (Å²) in [6.07, 6.45) is 1.44. The van der Waals surface area contributed by atoms with Gasteiger partial charge in [-0.25, -0.2) is 4.79 Å². The van der Waals surface area contributed by atoms with Crippen molar-refractivity contribution in [3.63, 3.8) is 0 Å². The molecule has 2 atom stereocenters. The number of hydrogen-bond donors (Lipinski definition) is 1. The van der Waals surface area contributed by atoms with Crippen LogP contribution in [0.15, 0.2) is 42.5 Å². The summed E-state index contributed by atoms with van der Waals surface area (Å²) >= 11 is 0. The summed E-state index contributed by atoms with van der Waals surface area (Å²) < 4.78 is 11.6. The number of aliphatic hydroxyl groups excluding tert-OH is 1. The van der Waals surface area contributed by atoms with E-state index in [0.717, 1.165) is 37.9 Å². The van der Waals surface area contributed by atoms with Gasteiger partial charge in [0.25, 0.3) is 5.91 Å². The first kappa shape index (κ1) is 26.5. The van der Waals surface area contributed by atoms with Gasteiger partial charge in [-0.2, -0.15) is 0 Å². The fraction of sp³-hybridized carbons (Fsp3) is 0.533. The van der Waals surface area contributed by atoms with E-state index in [-0.39, 0.29) is 18.1 Å². The minimum atomic E-state index is -0.594. The van der Waals surface area contributed by atoms with Crippen LogP contribution >= 0.6 is 0 Å². The molecule has 0 aromatic heterocycles. The lowest BCUT2D eigenvalue weighted by molar-refractivity contribution is 0.0275. The molecule has 1 fully saturated rings. The fourth-order valence-electron chi connectivity index (χ4n) is 5.59. The summed E-state index contributed by atoms with van der Waals surface area (Å²) in [6.45, 7) is 9.88. The first-order valence-corrected chi connectivity index (χ1v) is 13.7. The monoisotopic (exact) mass is 521 g/mol. The molecule has 8 nitrogen and oxygen atoms in total. The van der Waals surface area contributed by atoms with E-state index in [1.807, 2.05) is 39.0 Å². The van der Waals surface area contributed by atoms with Crippen LogP contribution < -0.4 is 4.74 Å². The van der Waals surface area contributed by atoms with Gasteiger partial charge in [0.2, 0.25) is 0 Å². The van der Waals surface area contributed by atoms with E-state index in [1.165, 1.54) is 11.1 Å². The highest BCUT2D eigenvalue weighted by Crippen LogP contribution is 2.27. The molecule has 2 amide bonds. The maximum atomic E-state index is 13.2. The molecule has 3 aliphatic rings. The SMILES string of the molecule is CC(C)(C)OC(=O)N1CCC(Oc2ccc3c(c2)CCN(C[C@H](O)CN2CCc4ccccc4C2)C3=O)C1. The van der Waals surface area contributed by atoms with E-state index in [0.29, 0.717) is 44.0 Å². The van der Waals surface area contributed by atoms with E-state index in [1.54, 1.807) is 9.80 Å². The van der Waals surface area contributed by atoms with Gasteiger partial charge in [-0.1, -0.05) is 24.3 Å². The zero-order valence-corrected chi connectivity index (χ0v) is 22.7. The third-order valence-corrected chi connectivity index (χ3v) is 7.45. The van der Waals surface area contributed by atoms with E-state index in [2.05, 4.69) is 29.2 Å². The number of rotatable bonds is 6. The average molecular weight is 522 g/mol. The normalized spacial score (nSPS) is 20.6. The van der Waals surface area contributed by atoms with Crippen molar-refractivity contribution >= 4 is 12.0 Å². The Bertz CT molecular complexity index is 1180. The van der Waals surface area contributed by atoms with Crippen LogP contribution in [0.25, 0.3) is 0 Å². The first-order chi connectivity index (χ1) is 18.1. The van der Waals surface area contributed by atoms with Gasteiger partial charge in [-0.05, 0) is 68.5 Å². The quantitative estimate of drug-likeness (QED) is 0.627. The maximum absolute atomic E-state index is 13.2. The van der Waals surface area contributed by atoms with Crippen LogP contribution in [-0.2, 0) is 24.1 Å². The van der Waals surface area contributed by atoms with E-state index < -0.39 is 11.7 Å². The standard InChI is InChI=1S/C30H39N3O5/c1-30(2,3)38-29(36)33-15-12-26(20-33)37-25-8-9-27-22(16-25)11-14-32(28(27)35)19-24(34)18-31-13-10-21-6-4-5-7-23(21)17-31/h4-9,16,24,26,34H,10-15,17-20H2,1-3H3/t24-,26?/m1/s1.